The fourth-order valence-corrected chi connectivity index (χ4v) is 2.28. The highest BCUT2D eigenvalue weighted by molar-refractivity contribution is 7.07. The van der Waals surface area contributed by atoms with Crippen molar-refractivity contribution in [3.8, 4) is 0 Å². The summed E-state index contributed by atoms with van der Waals surface area (Å²) in [7, 11) is 0. The van der Waals surface area contributed by atoms with Crippen molar-refractivity contribution >= 4 is 11.3 Å². The van der Waals surface area contributed by atoms with Crippen LogP contribution >= 0.6 is 11.3 Å². The first kappa shape index (κ1) is 9.89. The van der Waals surface area contributed by atoms with Crippen LogP contribution in [0.3, 0.4) is 0 Å². The molecule has 2 rings (SSSR count). The van der Waals surface area contributed by atoms with E-state index in [4.69, 9.17) is 0 Å². The molecule has 1 aromatic heterocycles. The number of thiazole rings is 1. The zero-order valence-corrected chi connectivity index (χ0v) is 8.82. The van der Waals surface area contributed by atoms with Gasteiger partial charge in [-0.05, 0) is 32.0 Å². The van der Waals surface area contributed by atoms with Crippen molar-refractivity contribution in [2.75, 3.05) is 19.6 Å². The van der Waals surface area contributed by atoms with Crippen LogP contribution in [0, 0.1) is 5.92 Å². The lowest BCUT2D eigenvalue weighted by Gasteiger charge is -2.08. The second kappa shape index (κ2) is 4.72. The summed E-state index contributed by atoms with van der Waals surface area (Å²) in [6, 6.07) is 0. The third-order valence-corrected chi connectivity index (χ3v) is 3.20. The summed E-state index contributed by atoms with van der Waals surface area (Å²) >= 11 is 1.22. The Morgan fingerprint density at radius 1 is 1.64 bits per heavy atom. The van der Waals surface area contributed by atoms with E-state index in [2.05, 4.69) is 15.6 Å². The van der Waals surface area contributed by atoms with Crippen molar-refractivity contribution in [3.05, 3.63) is 20.7 Å². The van der Waals surface area contributed by atoms with Crippen LogP contribution in [0.5, 0.6) is 0 Å². The lowest BCUT2D eigenvalue weighted by atomic mass is 10.1. The Balaban J connectivity index is 1.69. The lowest BCUT2D eigenvalue weighted by molar-refractivity contribution is 0.510. The van der Waals surface area contributed by atoms with Gasteiger partial charge in [-0.1, -0.05) is 11.3 Å². The highest BCUT2D eigenvalue weighted by atomic mass is 32.1. The summed E-state index contributed by atoms with van der Waals surface area (Å²) in [5.41, 5.74) is 0.992. The predicted molar refractivity (Wildman–Crippen MR) is 57.6 cm³/mol. The molecule has 1 unspecified atom stereocenters. The van der Waals surface area contributed by atoms with Gasteiger partial charge in [-0.15, -0.1) is 0 Å². The molecule has 0 bridgehead atoms. The van der Waals surface area contributed by atoms with Crippen LogP contribution in [0.25, 0.3) is 0 Å². The molecule has 1 aromatic rings. The Hall–Kier alpha value is -0.650. The maximum atomic E-state index is 10.8. The molecular formula is C9H15N3OS. The predicted octanol–water partition coefficient (Wildman–Crippen LogP) is 0.136. The fraction of sp³-hybridized carbons (Fsp3) is 0.667. The molecule has 0 radical (unpaired) electrons. The number of nitrogens with one attached hydrogen (secondary N) is 3. The number of rotatable bonds is 4. The van der Waals surface area contributed by atoms with E-state index >= 15 is 0 Å². The van der Waals surface area contributed by atoms with E-state index in [1.54, 1.807) is 0 Å². The third-order valence-electron chi connectivity index (χ3n) is 2.48. The van der Waals surface area contributed by atoms with Gasteiger partial charge in [-0.3, -0.25) is 4.79 Å². The van der Waals surface area contributed by atoms with Crippen LogP contribution in [-0.4, -0.2) is 24.6 Å². The average Bonchev–Trinajstić information content (AvgIpc) is 2.77. The molecule has 3 N–H and O–H groups in total. The molecule has 1 saturated heterocycles. The van der Waals surface area contributed by atoms with Gasteiger partial charge in [-0.25, -0.2) is 0 Å². The molecule has 1 aliphatic heterocycles. The summed E-state index contributed by atoms with van der Waals surface area (Å²) < 4.78 is 0. The molecule has 0 aliphatic carbocycles. The summed E-state index contributed by atoms with van der Waals surface area (Å²) in [4.78, 5) is 13.7. The van der Waals surface area contributed by atoms with Crippen molar-refractivity contribution in [1.82, 2.24) is 15.6 Å². The molecule has 4 nitrogen and oxygen atoms in total. The summed E-state index contributed by atoms with van der Waals surface area (Å²) in [5, 5.41) is 8.56. The Morgan fingerprint density at radius 2 is 2.57 bits per heavy atom. The van der Waals surface area contributed by atoms with Gasteiger partial charge in [0.2, 0.25) is 0 Å². The van der Waals surface area contributed by atoms with Gasteiger partial charge in [0.15, 0.2) is 0 Å². The van der Waals surface area contributed by atoms with Gasteiger partial charge in [0.1, 0.15) is 0 Å². The van der Waals surface area contributed by atoms with Crippen LogP contribution < -0.4 is 15.5 Å². The second-order valence-electron chi connectivity index (χ2n) is 3.66. The van der Waals surface area contributed by atoms with E-state index in [1.165, 1.54) is 17.8 Å². The first-order valence-electron chi connectivity index (χ1n) is 4.93. The van der Waals surface area contributed by atoms with E-state index in [-0.39, 0.29) is 4.87 Å². The minimum absolute atomic E-state index is 0.0318. The minimum atomic E-state index is 0.0318. The highest BCUT2D eigenvalue weighted by Gasteiger charge is 2.13. The minimum Gasteiger partial charge on any atom is -0.316 e. The van der Waals surface area contributed by atoms with Crippen LogP contribution in [0.2, 0.25) is 0 Å². The van der Waals surface area contributed by atoms with Gasteiger partial charge in [0.05, 0.1) is 0 Å². The maximum absolute atomic E-state index is 10.8. The van der Waals surface area contributed by atoms with Crippen molar-refractivity contribution in [2.45, 2.75) is 13.0 Å². The zero-order chi connectivity index (χ0) is 9.80. The van der Waals surface area contributed by atoms with Crippen LogP contribution in [0.1, 0.15) is 12.1 Å². The van der Waals surface area contributed by atoms with Gasteiger partial charge >= 0.3 is 4.87 Å². The van der Waals surface area contributed by atoms with E-state index in [0.717, 1.165) is 37.8 Å². The Bertz CT molecular complexity index is 327. The molecule has 0 amide bonds. The normalized spacial score (nSPS) is 21.6. The largest absolute Gasteiger partial charge is 0.316 e. The van der Waals surface area contributed by atoms with Crippen molar-refractivity contribution < 1.29 is 0 Å². The Kier molecular flexibility index (Phi) is 3.34. The van der Waals surface area contributed by atoms with Crippen LogP contribution in [0.15, 0.2) is 10.2 Å². The Morgan fingerprint density at radius 3 is 3.21 bits per heavy atom. The molecule has 5 heteroatoms. The van der Waals surface area contributed by atoms with Gasteiger partial charge in [0, 0.05) is 17.6 Å². The molecule has 1 atom stereocenters. The molecule has 0 saturated carbocycles. The average molecular weight is 213 g/mol. The van der Waals surface area contributed by atoms with E-state index in [9.17, 15) is 4.79 Å². The first-order valence-corrected chi connectivity index (χ1v) is 5.80. The molecule has 2 heterocycles. The first-order chi connectivity index (χ1) is 6.84. The highest BCUT2D eigenvalue weighted by Crippen LogP contribution is 2.05. The van der Waals surface area contributed by atoms with E-state index < -0.39 is 0 Å². The summed E-state index contributed by atoms with van der Waals surface area (Å²) in [6.45, 7) is 4.06. The van der Waals surface area contributed by atoms with E-state index in [1.807, 2.05) is 5.38 Å². The molecule has 0 aromatic carbocycles. The molecule has 1 aliphatic rings. The van der Waals surface area contributed by atoms with Crippen molar-refractivity contribution in [2.24, 2.45) is 5.92 Å². The molecule has 1 fully saturated rings. The second-order valence-corrected chi connectivity index (χ2v) is 4.51. The summed E-state index contributed by atoms with van der Waals surface area (Å²) in [6.07, 6.45) is 1.26. The molecular weight excluding hydrogens is 198 g/mol. The van der Waals surface area contributed by atoms with Crippen LogP contribution in [-0.2, 0) is 6.54 Å². The monoisotopic (exact) mass is 213 g/mol. The smallest absolute Gasteiger partial charge is 0.304 e. The SMILES string of the molecule is O=c1[nH]c(CNCC2CCNC2)cs1. The van der Waals surface area contributed by atoms with Crippen molar-refractivity contribution in [3.63, 3.8) is 0 Å². The number of aromatic amines is 1. The fourth-order valence-electron chi connectivity index (χ4n) is 1.70. The standard InChI is InChI=1S/C9H15N3OS/c13-9-12-8(6-14-9)5-11-4-7-1-2-10-3-7/h6-7,10-11H,1-5H2,(H,12,13). The molecule has 14 heavy (non-hydrogen) atoms. The Labute approximate surface area is 86.7 Å². The van der Waals surface area contributed by atoms with E-state index in [0.29, 0.717) is 0 Å². The number of hydrogen-bond acceptors (Lipinski definition) is 4. The molecule has 78 valence electrons. The van der Waals surface area contributed by atoms with Gasteiger partial charge in [-0.2, -0.15) is 0 Å². The topological polar surface area (TPSA) is 56.9 Å². The third kappa shape index (κ3) is 2.67. The molecule has 0 spiro atoms. The van der Waals surface area contributed by atoms with Crippen LogP contribution in [0.4, 0.5) is 0 Å². The number of aromatic nitrogens is 1. The number of hydrogen-bond donors (Lipinski definition) is 3. The quantitative estimate of drug-likeness (QED) is 0.666. The summed E-state index contributed by atoms with van der Waals surface area (Å²) in [5.74, 6) is 0.750. The lowest BCUT2D eigenvalue weighted by Crippen LogP contribution is -2.24. The van der Waals surface area contributed by atoms with Gasteiger partial charge < -0.3 is 15.6 Å². The zero-order valence-electron chi connectivity index (χ0n) is 8.01. The maximum Gasteiger partial charge on any atom is 0.304 e. The van der Waals surface area contributed by atoms with Gasteiger partial charge in [0.25, 0.3) is 0 Å². The number of H-pyrrole nitrogens is 1. The van der Waals surface area contributed by atoms with Crippen molar-refractivity contribution in [1.29, 1.82) is 0 Å².